The summed E-state index contributed by atoms with van der Waals surface area (Å²) in [7, 11) is 0. The predicted octanol–water partition coefficient (Wildman–Crippen LogP) is 3.29. The molecule has 112 valence electrons. The Labute approximate surface area is 132 Å². The molecule has 0 saturated heterocycles. The zero-order chi connectivity index (χ0) is 15.4. The number of hydrogen-bond donors (Lipinski definition) is 1. The van der Waals surface area contributed by atoms with Gasteiger partial charge in [-0.15, -0.1) is 22.0 Å². The van der Waals surface area contributed by atoms with Gasteiger partial charge in [-0.05, 0) is 24.5 Å². The Morgan fingerprint density at radius 2 is 2.14 bits per heavy atom. The molecule has 5 nitrogen and oxygen atoms in total. The van der Waals surface area contributed by atoms with Crippen LogP contribution in [-0.4, -0.2) is 37.8 Å². The van der Waals surface area contributed by atoms with Crippen molar-refractivity contribution in [2.45, 2.75) is 29.8 Å². The summed E-state index contributed by atoms with van der Waals surface area (Å²) in [5, 5.41) is 17.8. The monoisotopic (exact) mass is 323 g/mol. The van der Waals surface area contributed by atoms with Gasteiger partial charge >= 0.3 is 5.97 Å². The van der Waals surface area contributed by atoms with Gasteiger partial charge in [0.15, 0.2) is 5.16 Å². The predicted molar refractivity (Wildman–Crippen MR) is 85.6 cm³/mol. The van der Waals surface area contributed by atoms with Crippen LogP contribution in [0, 0.1) is 0 Å². The summed E-state index contributed by atoms with van der Waals surface area (Å²) < 4.78 is 1.94. The number of carboxylic acids is 1. The third-order valence-electron chi connectivity index (χ3n) is 2.81. The Hall–Kier alpha value is -1.47. The first-order chi connectivity index (χ1) is 10.0. The summed E-state index contributed by atoms with van der Waals surface area (Å²) in [6, 6.07) is 8.07. The summed E-state index contributed by atoms with van der Waals surface area (Å²) in [5.74, 6) is 0.146. The van der Waals surface area contributed by atoms with Crippen molar-refractivity contribution in [3.63, 3.8) is 0 Å². The summed E-state index contributed by atoms with van der Waals surface area (Å²) in [5.41, 5.74) is 0.962. The fraction of sp³-hybridized carbons (Fsp3) is 0.357. The van der Waals surface area contributed by atoms with Crippen LogP contribution >= 0.6 is 23.5 Å². The van der Waals surface area contributed by atoms with E-state index >= 15 is 0 Å². The first-order valence-electron chi connectivity index (χ1n) is 6.47. The Balaban J connectivity index is 2.47. The van der Waals surface area contributed by atoms with Gasteiger partial charge in [0, 0.05) is 10.8 Å². The van der Waals surface area contributed by atoms with Crippen LogP contribution in [0.2, 0.25) is 0 Å². The Kier molecular flexibility index (Phi) is 5.30. The first-order valence-corrected chi connectivity index (χ1v) is 8.68. The van der Waals surface area contributed by atoms with Gasteiger partial charge in [-0.1, -0.05) is 31.7 Å². The summed E-state index contributed by atoms with van der Waals surface area (Å²) in [6.07, 6.45) is 2.02. The lowest BCUT2D eigenvalue weighted by Gasteiger charge is -2.12. The molecule has 1 heterocycles. The number of thioether (sulfide) groups is 2. The number of hydrogen-bond acceptors (Lipinski definition) is 5. The average molecular weight is 323 g/mol. The van der Waals surface area contributed by atoms with Crippen LogP contribution in [-0.2, 0) is 4.79 Å². The summed E-state index contributed by atoms with van der Waals surface area (Å²) in [6.45, 7) is 4.09. The molecule has 1 aromatic carbocycles. The van der Waals surface area contributed by atoms with Crippen LogP contribution in [0.4, 0.5) is 0 Å². The van der Waals surface area contributed by atoms with E-state index in [-0.39, 0.29) is 11.7 Å². The minimum atomic E-state index is -0.862. The van der Waals surface area contributed by atoms with Gasteiger partial charge in [-0.2, -0.15) is 0 Å². The second-order valence-corrected chi connectivity index (χ2v) is 6.54. The molecule has 0 amide bonds. The van der Waals surface area contributed by atoms with Crippen LogP contribution in [0.15, 0.2) is 34.3 Å². The molecule has 1 N–H and O–H groups in total. The van der Waals surface area contributed by atoms with Crippen molar-refractivity contribution >= 4 is 29.5 Å². The molecule has 0 aliphatic carbocycles. The molecule has 0 fully saturated rings. The van der Waals surface area contributed by atoms with Crippen LogP contribution < -0.4 is 0 Å². The average Bonchev–Trinajstić information content (AvgIpc) is 2.89. The summed E-state index contributed by atoms with van der Waals surface area (Å²) in [4.78, 5) is 11.9. The van der Waals surface area contributed by atoms with Crippen LogP contribution in [0.5, 0.6) is 0 Å². The van der Waals surface area contributed by atoms with Crippen molar-refractivity contribution in [1.82, 2.24) is 14.8 Å². The Bertz CT molecular complexity index is 641. The number of benzene rings is 1. The number of carbonyl (C=O) groups is 1. The summed E-state index contributed by atoms with van der Waals surface area (Å²) >= 11 is 2.85. The van der Waals surface area contributed by atoms with E-state index in [1.54, 1.807) is 11.8 Å². The van der Waals surface area contributed by atoms with Crippen molar-refractivity contribution < 1.29 is 9.90 Å². The minimum Gasteiger partial charge on any atom is -0.481 e. The van der Waals surface area contributed by atoms with Gasteiger partial charge in [0.2, 0.25) is 0 Å². The number of carboxylic acid groups (broad SMARTS) is 1. The molecule has 0 spiro atoms. The number of aliphatic carboxylic acids is 1. The fourth-order valence-corrected chi connectivity index (χ4v) is 3.00. The number of nitrogens with zero attached hydrogens (tertiary/aromatic N) is 3. The SMILES string of the molecule is CSc1cccc(-n2c(SCC(=O)O)nnc2C(C)C)c1. The zero-order valence-electron chi connectivity index (χ0n) is 12.1. The molecule has 0 saturated carbocycles. The van der Waals surface area contributed by atoms with E-state index < -0.39 is 5.97 Å². The smallest absolute Gasteiger partial charge is 0.313 e. The number of aromatic nitrogens is 3. The van der Waals surface area contributed by atoms with Crippen molar-refractivity contribution in [3.05, 3.63) is 30.1 Å². The molecule has 0 aliphatic rings. The van der Waals surface area contributed by atoms with E-state index in [2.05, 4.69) is 16.3 Å². The second kappa shape index (κ2) is 7.00. The van der Waals surface area contributed by atoms with E-state index in [1.165, 1.54) is 11.8 Å². The standard InChI is InChI=1S/C14H17N3O2S2/c1-9(2)13-15-16-14(21-8-12(18)19)17(13)10-5-4-6-11(7-10)20-3/h4-7,9H,8H2,1-3H3,(H,18,19). The molecular formula is C14H17N3O2S2. The highest BCUT2D eigenvalue weighted by Gasteiger charge is 2.17. The molecule has 0 aliphatic heterocycles. The number of rotatable bonds is 6. The first kappa shape index (κ1) is 15.9. The highest BCUT2D eigenvalue weighted by molar-refractivity contribution is 7.99. The van der Waals surface area contributed by atoms with Gasteiger partial charge in [-0.3, -0.25) is 9.36 Å². The highest BCUT2D eigenvalue weighted by Crippen LogP contribution is 2.27. The van der Waals surface area contributed by atoms with Crippen LogP contribution in [0.3, 0.4) is 0 Å². The lowest BCUT2D eigenvalue weighted by atomic mass is 10.2. The third-order valence-corrected chi connectivity index (χ3v) is 4.45. The van der Waals surface area contributed by atoms with Gasteiger partial charge in [0.25, 0.3) is 0 Å². The molecule has 2 rings (SSSR count). The maximum absolute atomic E-state index is 10.8. The fourth-order valence-electron chi connectivity index (χ4n) is 1.87. The molecule has 0 unspecified atom stereocenters. The van der Waals surface area contributed by atoms with Gasteiger partial charge in [0.05, 0.1) is 11.4 Å². The normalized spacial score (nSPS) is 11.0. The van der Waals surface area contributed by atoms with Crippen molar-refractivity contribution in [2.24, 2.45) is 0 Å². The van der Waals surface area contributed by atoms with E-state index in [0.717, 1.165) is 16.4 Å². The second-order valence-electron chi connectivity index (χ2n) is 4.71. The van der Waals surface area contributed by atoms with E-state index in [1.807, 2.05) is 42.9 Å². The lowest BCUT2D eigenvalue weighted by molar-refractivity contribution is -0.133. The quantitative estimate of drug-likeness (QED) is 0.823. The van der Waals surface area contributed by atoms with Crippen molar-refractivity contribution in [2.75, 3.05) is 12.0 Å². The largest absolute Gasteiger partial charge is 0.481 e. The van der Waals surface area contributed by atoms with Crippen molar-refractivity contribution in [1.29, 1.82) is 0 Å². The highest BCUT2D eigenvalue weighted by atomic mass is 32.2. The van der Waals surface area contributed by atoms with Crippen LogP contribution in [0.1, 0.15) is 25.6 Å². The molecule has 0 radical (unpaired) electrons. The molecule has 0 bridgehead atoms. The van der Waals surface area contributed by atoms with Gasteiger partial charge in [-0.25, -0.2) is 0 Å². The minimum absolute atomic E-state index is 0.0293. The van der Waals surface area contributed by atoms with E-state index in [4.69, 9.17) is 5.11 Å². The molecule has 2 aromatic rings. The molecular weight excluding hydrogens is 306 g/mol. The molecule has 0 atom stereocenters. The Morgan fingerprint density at radius 3 is 2.76 bits per heavy atom. The lowest BCUT2D eigenvalue weighted by Crippen LogP contribution is -2.06. The van der Waals surface area contributed by atoms with Crippen molar-refractivity contribution in [3.8, 4) is 5.69 Å². The molecule has 1 aromatic heterocycles. The Morgan fingerprint density at radius 1 is 1.38 bits per heavy atom. The molecule has 7 heteroatoms. The third kappa shape index (κ3) is 3.79. The molecule has 21 heavy (non-hydrogen) atoms. The van der Waals surface area contributed by atoms with Crippen LogP contribution in [0.25, 0.3) is 5.69 Å². The maximum atomic E-state index is 10.8. The van der Waals surface area contributed by atoms with E-state index in [0.29, 0.717) is 5.16 Å². The zero-order valence-corrected chi connectivity index (χ0v) is 13.7. The van der Waals surface area contributed by atoms with Gasteiger partial charge < -0.3 is 5.11 Å². The maximum Gasteiger partial charge on any atom is 0.313 e. The topological polar surface area (TPSA) is 68.0 Å². The van der Waals surface area contributed by atoms with E-state index in [9.17, 15) is 4.79 Å². The van der Waals surface area contributed by atoms with Gasteiger partial charge in [0.1, 0.15) is 5.82 Å².